The van der Waals surface area contributed by atoms with Gasteiger partial charge in [0.05, 0.1) is 11.5 Å². The quantitative estimate of drug-likeness (QED) is 0.768. The Hall–Kier alpha value is -1.03. The molecule has 1 aliphatic rings. The zero-order chi connectivity index (χ0) is 10.9. The van der Waals surface area contributed by atoms with E-state index in [1.807, 2.05) is 31.2 Å². The van der Waals surface area contributed by atoms with Crippen LogP contribution in [0.2, 0.25) is 0 Å². The molecular formula is C11H14O3S. The van der Waals surface area contributed by atoms with E-state index >= 15 is 0 Å². The summed E-state index contributed by atoms with van der Waals surface area (Å²) in [6.45, 7) is 1.96. The lowest BCUT2D eigenvalue weighted by molar-refractivity contribution is 0.227. The number of benzene rings is 1. The highest BCUT2D eigenvalue weighted by Gasteiger charge is 2.29. The van der Waals surface area contributed by atoms with Crippen LogP contribution in [0.5, 0.6) is 5.75 Å². The second-order valence-electron chi connectivity index (χ2n) is 3.91. The molecule has 15 heavy (non-hydrogen) atoms. The Bertz CT molecular complexity index is 451. The first kappa shape index (κ1) is 10.5. The van der Waals surface area contributed by atoms with Crippen molar-refractivity contribution < 1.29 is 13.2 Å². The Morgan fingerprint density at radius 1 is 1.33 bits per heavy atom. The summed E-state index contributed by atoms with van der Waals surface area (Å²) in [4.78, 5) is 0. The van der Waals surface area contributed by atoms with Gasteiger partial charge in [0.25, 0.3) is 0 Å². The van der Waals surface area contributed by atoms with E-state index in [9.17, 15) is 8.42 Å². The van der Waals surface area contributed by atoms with Crippen LogP contribution in [0.25, 0.3) is 0 Å². The second-order valence-corrected chi connectivity index (χ2v) is 6.14. The standard InChI is InChI=1S/C11H14O3S/c1-9-4-2-3-5-11(9)14-10-6-7-15(12,13)8-10/h2-5,10H,6-8H2,1H3/t10-/m1/s1. The zero-order valence-electron chi connectivity index (χ0n) is 8.64. The fourth-order valence-corrected chi connectivity index (χ4v) is 3.31. The van der Waals surface area contributed by atoms with E-state index in [1.165, 1.54) is 0 Å². The number of hydrogen-bond acceptors (Lipinski definition) is 3. The molecule has 1 aromatic rings. The predicted octanol–water partition coefficient (Wildman–Crippen LogP) is 1.56. The van der Waals surface area contributed by atoms with Crippen LogP contribution in [-0.2, 0) is 9.84 Å². The zero-order valence-corrected chi connectivity index (χ0v) is 9.46. The summed E-state index contributed by atoms with van der Waals surface area (Å²) in [5.41, 5.74) is 1.04. The van der Waals surface area contributed by atoms with E-state index in [0.29, 0.717) is 6.42 Å². The Balaban J connectivity index is 2.08. The average Bonchev–Trinajstić information content (AvgIpc) is 2.50. The van der Waals surface area contributed by atoms with Gasteiger partial charge >= 0.3 is 0 Å². The van der Waals surface area contributed by atoms with Crippen LogP contribution in [0.3, 0.4) is 0 Å². The van der Waals surface area contributed by atoms with Crippen molar-refractivity contribution in [1.82, 2.24) is 0 Å². The summed E-state index contributed by atoms with van der Waals surface area (Å²) in [6.07, 6.45) is 0.438. The number of para-hydroxylation sites is 1. The summed E-state index contributed by atoms with van der Waals surface area (Å²) in [5.74, 6) is 1.20. The van der Waals surface area contributed by atoms with Gasteiger partial charge in [-0.25, -0.2) is 8.42 Å². The number of rotatable bonds is 2. The molecule has 0 amide bonds. The Kier molecular flexibility index (Phi) is 2.69. The molecule has 0 aromatic heterocycles. The number of hydrogen-bond donors (Lipinski definition) is 0. The van der Waals surface area contributed by atoms with Crippen LogP contribution >= 0.6 is 0 Å². The van der Waals surface area contributed by atoms with Crippen molar-refractivity contribution in [3.8, 4) is 5.75 Å². The first-order valence-corrected chi connectivity index (χ1v) is 6.82. The highest BCUT2D eigenvalue weighted by molar-refractivity contribution is 7.91. The number of sulfone groups is 1. The molecule has 1 atom stereocenters. The summed E-state index contributed by atoms with van der Waals surface area (Å²) in [6, 6.07) is 7.67. The van der Waals surface area contributed by atoms with Crippen molar-refractivity contribution >= 4 is 9.84 Å². The molecule has 1 heterocycles. The van der Waals surface area contributed by atoms with E-state index in [-0.39, 0.29) is 17.6 Å². The smallest absolute Gasteiger partial charge is 0.154 e. The molecule has 0 unspecified atom stereocenters. The van der Waals surface area contributed by atoms with E-state index < -0.39 is 9.84 Å². The van der Waals surface area contributed by atoms with Gasteiger partial charge in [0, 0.05) is 0 Å². The van der Waals surface area contributed by atoms with Gasteiger partial charge in [-0.3, -0.25) is 0 Å². The molecule has 2 rings (SSSR count). The van der Waals surface area contributed by atoms with Crippen LogP contribution in [0.1, 0.15) is 12.0 Å². The molecule has 0 saturated carbocycles. The van der Waals surface area contributed by atoms with Crippen LogP contribution in [0.4, 0.5) is 0 Å². The van der Waals surface area contributed by atoms with E-state index in [1.54, 1.807) is 0 Å². The fourth-order valence-electron chi connectivity index (χ4n) is 1.72. The summed E-state index contributed by atoms with van der Waals surface area (Å²) in [5, 5.41) is 0. The molecule has 0 N–H and O–H groups in total. The SMILES string of the molecule is Cc1ccccc1O[C@@H]1CCS(=O)(=O)C1. The Morgan fingerprint density at radius 3 is 2.67 bits per heavy atom. The highest BCUT2D eigenvalue weighted by atomic mass is 32.2. The molecule has 1 fully saturated rings. The predicted molar refractivity (Wildman–Crippen MR) is 58.9 cm³/mol. The number of ether oxygens (including phenoxy) is 1. The van der Waals surface area contributed by atoms with Crippen LogP contribution in [0.15, 0.2) is 24.3 Å². The maximum atomic E-state index is 11.2. The molecule has 82 valence electrons. The van der Waals surface area contributed by atoms with Crippen molar-refractivity contribution in [2.75, 3.05) is 11.5 Å². The molecule has 0 radical (unpaired) electrons. The van der Waals surface area contributed by atoms with Crippen molar-refractivity contribution in [3.05, 3.63) is 29.8 Å². The molecule has 0 bridgehead atoms. The minimum atomic E-state index is -2.85. The van der Waals surface area contributed by atoms with Gasteiger partial charge in [0.15, 0.2) is 9.84 Å². The van der Waals surface area contributed by atoms with Crippen LogP contribution < -0.4 is 4.74 Å². The third-order valence-electron chi connectivity index (χ3n) is 2.58. The Morgan fingerprint density at radius 2 is 2.07 bits per heavy atom. The maximum Gasteiger partial charge on any atom is 0.154 e. The van der Waals surface area contributed by atoms with Crippen LogP contribution in [-0.4, -0.2) is 26.0 Å². The number of aryl methyl sites for hydroxylation is 1. The van der Waals surface area contributed by atoms with Gasteiger partial charge in [0.2, 0.25) is 0 Å². The third kappa shape index (κ3) is 2.50. The average molecular weight is 226 g/mol. The topological polar surface area (TPSA) is 43.4 Å². The molecular weight excluding hydrogens is 212 g/mol. The van der Waals surface area contributed by atoms with Gasteiger partial charge in [-0.2, -0.15) is 0 Å². The minimum Gasteiger partial charge on any atom is -0.489 e. The van der Waals surface area contributed by atoms with Gasteiger partial charge < -0.3 is 4.74 Å². The van der Waals surface area contributed by atoms with Crippen molar-refractivity contribution in [3.63, 3.8) is 0 Å². The van der Waals surface area contributed by atoms with Gasteiger partial charge in [-0.15, -0.1) is 0 Å². The third-order valence-corrected chi connectivity index (χ3v) is 4.32. The van der Waals surface area contributed by atoms with Crippen molar-refractivity contribution in [2.45, 2.75) is 19.4 Å². The minimum absolute atomic E-state index is 0.154. The Labute approximate surface area is 90.0 Å². The van der Waals surface area contributed by atoms with Crippen LogP contribution in [0, 0.1) is 6.92 Å². The molecule has 1 saturated heterocycles. The lowest BCUT2D eigenvalue weighted by Crippen LogP contribution is -2.18. The highest BCUT2D eigenvalue weighted by Crippen LogP contribution is 2.22. The van der Waals surface area contributed by atoms with Gasteiger partial charge in [0.1, 0.15) is 11.9 Å². The van der Waals surface area contributed by atoms with E-state index in [2.05, 4.69) is 0 Å². The molecule has 0 aliphatic carbocycles. The molecule has 0 spiro atoms. The molecule has 1 aromatic carbocycles. The maximum absolute atomic E-state index is 11.2. The first-order chi connectivity index (χ1) is 7.07. The second kappa shape index (κ2) is 3.85. The van der Waals surface area contributed by atoms with E-state index in [0.717, 1.165) is 11.3 Å². The monoisotopic (exact) mass is 226 g/mol. The normalized spacial score (nSPS) is 23.9. The summed E-state index contributed by atoms with van der Waals surface area (Å²) in [7, 11) is -2.85. The summed E-state index contributed by atoms with van der Waals surface area (Å²) < 4.78 is 28.1. The molecule has 3 nitrogen and oxygen atoms in total. The first-order valence-electron chi connectivity index (χ1n) is 4.99. The lowest BCUT2D eigenvalue weighted by atomic mass is 10.2. The van der Waals surface area contributed by atoms with Crippen molar-refractivity contribution in [2.24, 2.45) is 0 Å². The lowest BCUT2D eigenvalue weighted by Gasteiger charge is -2.13. The van der Waals surface area contributed by atoms with Gasteiger partial charge in [-0.05, 0) is 25.0 Å². The van der Waals surface area contributed by atoms with Crippen molar-refractivity contribution in [1.29, 1.82) is 0 Å². The van der Waals surface area contributed by atoms with E-state index in [4.69, 9.17) is 4.74 Å². The fraction of sp³-hybridized carbons (Fsp3) is 0.455. The summed E-state index contributed by atoms with van der Waals surface area (Å²) >= 11 is 0. The van der Waals surface area contributed by atoms with Gasteiger partial charge in [-0.1, -0.05) is 18.2 Å². The molecule has 4 heteroatoms. The molecule has 1 aliphatic heterocycles. The largest absolute Gasteiger partial charge is 0.489 e.